The second-order valence-electron chi connectivity index (χ2n) is 5.12. The topological polar surface area (TPSA) is 85.2 Å². The third-order valence-electron chi connectivity index (χ3n) is 3.55. The van der Waals surface area contributed by atoms with Gasteiger partial charge in [0.15, 0.2) is 0 Å². The fourth-order valence-corrected chi connectivity index (χ4v) is 2.12. The Bertz CT molecular complexity index is 708. The van der Waals surface area contributed by atoms with E-state index < -0.39 is 12.1 Å². The van der Waals surface area contributed by atoms with Gasteiger partial charge in [-0.05, 0) is 31.5 Å². The third kappa shape index (κ3) is 3.36. The minimum absolute atomic E-state index is 0.275. The zero-order valence-electron chi connectivity index (χ0n) is 13.1. The van der Waals surface area contributed by atoms with Gasteiger partial charge in [0.1, 0.15) is 11.9 Å². The molecule has 22 heavy (non-hydrogen) atoms. The number of methoxy groups -OCH3 is 1. The number of aryl methyl sites for hydroxylation is 2. The number of nitrogens with one attached hydrogen (secondary N) is 2. The summed E-state index contributed by atoms with van der Waals surface area (Å²) in [4.78, 5) is 27.4. The number of rotatable bonds is 4. The number of hydrogen-bond acceptors (Lipinski definition) is 4. The molecule has 0 unspecified atom stereocenters. The van der Waals surface area contributed by atoms with Crippen molar-refractivity contribution in [2.45, 2.75) is 26.4 Å². The van der Waals surface area contributed by atoms with E-state index >= 15 is 0 Å². The molecule has 118 valence electrons. The molecule has 2 N–H and O–H groups in total. The van der Waals surface area contributed by atoms with Crippen molar-refractivity contribution >= 4 is 23.0 Å². The van der Waals surface area contributed by atoms with E-state index in [1.165, 1.54) is 7.11 Å². The molecule has 0 aliphatic heterocycles. The lowest BCUT2D eigenvalue weighted by molar-refractivity contribution is -0.122. The normalized spacial score (nSPS) is 12.0. The van der Waals surface area contributed by atoms with Crippen LogP contribution in [0.4, 0.5) is 4.79 Å². The second kappa shape index (κ2) is 6.46. The molecule has 2 aromatic rings. The molecule has 2 rings (SSSR count). The number of nitrogens with zero attached hydrogens (tertiary/aromatic N) is 2. The molecule has 1 atom stereocenters. The number of fused-ring (bicyclic) bond motifs is 1. The molecule has 7 nitrogen and oxygen atoms in total. The Morgan fingerprint density at radius 3 is 2.82 bits per heavy atom. The Morgan fingerprint density at radius 2 is 2.14 bits per heavy atom. The molecule has 7 heteroatoms. The smallest absolute Gasteiger partial charge is 0.407 e. The van der Waals surface area contributed by atoms with Crippen molar-refractivity contribution < 1.29 is 14.3 Å². The Balaban J connectivity index is 1.99. The summed E-state index contributed by atoms with van der Waals surface area (Å²) < 4.78 is 6.47. The Hall–Kier alpha value is -2.57. The Labute approximate surface area is 128 Å². The van der Waals surface area contributed by atoms with Gasteiger partial charge in [0, 0.05) is 13.6 Å². The SMILES string of the molecule is COC(=O)N[C@H](C)C(=O)NCc1ccc2c(c1)nc(C)n2C. The van der Waals surface area contributed by atoms with Crippen LogP contribution in [0.3, 0.4) is 0 Å². The first-order valence-electron chi connectivity index (χ1n) is 6.96. The van der Waals surface area contributed by atoms with Crippen LogP contribution in [0.1, 0.15) is 18.3 Å². The van der Waals surface area contributed by atoms with Crippen LogP contribution >= 0.6 is 0 Å². The summed E-state index contributed by atoms with van der Waals surface area (Å²) in [5.74, 6) is 0.662. The minimum Gasteiger partial charge on any atom is -0.453 e. The van der Waals surface area contributed by atoms with Gasteiger partial charge in [-0.2, -0.15) is 0 Å². The molecule has 0 radical (unpaired) electrons. The number of imidazole rings is 1. The van der Waals surface area contributed by atoms with Crippen LogP contribution in [0.25, 0.3) is 11.0 Å². The fourth-order valence-electron chi connectivity index (χ4n) is 2.12. The predicted octanol–water partition coefficient (Wildman–Crippen LogP) is 1.24. The summed E-state index contributed by atoms with van der Waals surface area (Å²) in [5.41, 5.74) is 2.89. The molecule has 0 spiro atoms. The average molecular weight is 304 g/mol. The largest absolute Gasteiger partial charge is 0.453 e. The van der Waals surface area contributed by atoms with Crippen LogP contribution in [0.5, 0.6) is 0 Å². The van der Waals surface area contributed by atoms with Gasteiger partial charge in [0.05, 0.1) is 18.1 Å². The number of ether oxygens (including phenoxy) is 1. The number of carbonyl (C=O) groups is 2. The van der Waals surface area contributed by atoms with E-state index in [1.54, 1.807) is 6.92 Å². The highest BCUT2D eigenvalue weighted by atomic mass is 16.5. The summed E-state index contributed by atoms with van der Waals surface area (Å²) in [6.07, 6.45) is -0.631. The van der Waals surface area contributed by atoms with E-state index in [9.17, 15) is 9.59 Å². The monoisotopic (exact) mass is 304 g/mol. The quantitative estimate of drug-likeness (QED) is 0.890. The highest BCUT2D eigenvalue weighted by Crippen LogP contribution is 2.16. The first kappa shape index (κ1) is 15.8. The summed E-state index contributed by atoms with van der Waals surface area (Å²) in [6.45, 7) is 3.91. The van der Waals surface area contributed by atoms with Gasteiger partial charge in [-0.3, -0.25) is 4.79 Å². The maximum atomic E-state index is 11.9. The van der Waals surface area contributed by atoms with Gasteiger partial charge >= 0.3 is 6.09 Å². The molecule has 1 aromatic carbocycles. The van der Waals surface area contributed by atoms with E-state index in [0.717, 1.165) is 22.4 Å². The molecule has 2 amide bonds. The van der Waals surface area contributed by atoms with Crippen LogP contribution in [-0.4, -0.2) is 34.7 Å². The second-order valence-corrected chi connectivity index (χ2v) is 5.12. The fraction of sp³-hybridized carbons (Fsp3) is 0.400. The Morgan fingerprint density at radius 1 is 1.41 bits per heavy atom. The summed E-state index contributed by atoms with van der Waals surface area (Å²) in [7, 11) is 3.22. The molecule has 0 bridgehead atoms. The molecular weight excluding hydrogens is 284 g/mol. The van der Waals surface area contributed by atoms with Gasteiger partial charge in [-0.1, -0.05) is 6.07 Å². The van der Waals surface area contributed by atoms with Crippen molar-refractivity contribution in [2.75, 3.05) is 7.11 Å². The Kier molecular flexibility index (Phi) is 4.65. The van der Waals surface area contributed by atoms with Gasteiger partial charge in [-0.15, -0.1) is 0 Å². The molecule has 0 aliphatic carbocycles. The van der Waals surface area contributed by atoms with Crippen molar-refractivity contribution in [3.63, 3.8) is 0 Å². The molecule has 1 aromatic heterocycles. The number of benzene rings is 1. The molecule has 0 aliphatic rings. The molecule has 0 fully saturated rings. The van der Waals surface area contributed by atoms with Crippen LogP contribution in [0.2, 0.25) is 0 Å². The highest BCUT2D eigenvalue weighted by Gasteiger charge is 2.15. The lowest BCUT2D eigenvalue weighted by Gasteiger charge is -2.13. The summed E-state index contributed by atoms with van der Waals surface area (Å²) >= 11 is 0. The molecule has 0 saturated heterocycles. The van der Waals surface area contributed by atoms with E-state index in [-0.39, 0.29) is 5.91 Å². The summed E-state index contributed by atoms with van der Waals surface area (Å²) in [5, 5.41) is 5.19. The van der Waals surface area contributed by atoms with Gasteiger partial charge < -0.3 is 19.9 Å². The average Bonchev–Trinajstić information content (AvgIpc) is 2.78. The zero-order chi connectivity index (χ0) is 16.3. The lowest BCUT2D eigenvalue weighted by Crippen LogP contribution is -2.44. The van der Waals surface area contributed by atoms with E-state index in [0.29, 0.717) is 6.54 Å². The number of amides is 2. The first-order valence-corrected chi connectivity index (χ1v) is 6.96. The lowest BCUT2D eigenvalue weighted by atomic mass is 10.2. The van der Waals surface area contributed by atoms with Gasteiger partial charge in [0.2, 0.25) is 5.91 Å². The number of alkyl carbamates (subject to hydrolysis) is 1. The summed E-state index contributed by atoms with van der Waals surface area (Å²) in [6, 6.07) is 5.21. The predicted molar refractivity (Wildman–Crippen MR) is 82.3 cm³/mol. The van der Waals surface area contributed by atoms with Crippen molar-refractivity contribution in [1.82, 2.24) is 20.2 Å². The van der Waals surface area contributed by atoms with Crippen LogP contribution in [0.15, 0.2) is 18.2 Å². The van der Waals surface area contributed by atoms with Crippen LogP contribution in [0, 0.1) is 6.92 Å². The number of aromatic nitrogens is 2. The van der Waals surface area contributed by atoms with Gasteiger partial charge in [0.25, 0.3) is 0 Å². The number of hydrogen-bond donors (Lipinski definition) is 2. The van der Waals surface area contributed by atoms with E-state index in [1.807, 2.05) is 36.7 Å². The van der Waals surface area contributed by atoms with Crippen molar-refractivity contribution in [3.8, 4) is 0 Å². The van der Waals surface area contributed by atoms with Gasteiger partial charge in [-0.25, -0.2) is 9.78 Å². The zero-order valence-corrected chi connectivity index (χ0v) is 13.1. The third-order valence-corrected chi connectivity index (χ3v) is 3.55. The molecular formula is C15H20N4O3. The van der Waals surface area contributed by atoms with E-state index in [2.05, 4.69) is 20.4 Å². The van der Waals surface area contributed by atoms with Crippen LogP contribution < -0.4 is 10.6 Å². The van der Waals surface area contributed by atoms with Crippen LogP contribution in [-0.2, 0) is 23.1 Å². The maximum Gasteiger partial charge on any atom is 0.407 e. The molecule has 1 heterocycles. The van der Waals surface area contributed by atoms with Crippen molar-refractivity contribution in [1.29, 1.82) is 0 Å². The van der Waals surface area contributed by atoms with Crippen molar-refractivity contribution in [2.24, 2.45) is 7.05 Å². The van der Waals surface area contributed by atoms with Crippen molar-refractivity contribution in [3.05, 3.63) is 29.6 Å². The first-order chi connectivity index (χ1) is 10.4. The minimum atomic E-state index is -0.659. The molecule has 0 saturated carbocycles. The number of carbonyl (C=O) groups excluding carboxylic acids is 2. The van der Waals surface area contributed by atoms with E-state index in [4.69, 9.17) is 0 Å². The maximum absolute atomic E-state index is 11.9. The standard InChI is InChI=1S/C15H20N4O3/c1-9(17-15(21)22-4)14(20)16-8-11-5-6-13-12(7-11)18-10(2)19(13)3/h5-7,9H,8H2,1-4H3,(H,16,20)(H,17,21)/t9-/m1/s1. The highest BCUT2D eigenvalue weighted by molar-refractivity contribution is 5.85.